The molecule has 4 amide bonds. The summed E-state index contributed by atoms with van der Waals surface area (Å²) in [7, 11) is 1.38. The lowest BCUT2D eigenvalue weighted by atomic mass is 10.2. The van der Waals surface area contributed by atoms with Gasteiger partial charge in [0.05, 0.1) is 6.61 Å². The number of carbonyl (C=O) groups excluding carboxylic acids is 4. The highest BCUT2D eigenvalue weighted by Crippen LogP contribution is 2.13. The highest BCUT2D eigenvalue weighted by molar-refractivity contribution is 6.01. The molecule has 0 radical (unpaired) electrons. The lowest BCUT2D eigenvalue weighted by molar-refractivity contribution is -0.172. The van der Waals surface area contributed by atoms with Gasteiger partial charge in [0.25, 0.3) is 11.8 Å². The Kier molecular flexibility index (Phi) is 10.2. The number of carbonyl (C=O) groups is 4. The van der Waals surface area contributed by atoms with E-state index in [-0.39, 0.29) is 32.0 Å². The molecule has 12 nitrogen and oxygen atoms in total. The third-order valence-electron chi connectivity index (χ3n) is 3.61. The largest absolute Gasteiger partial charge is 0.449 e. The first kappa shape index (κ1) is 24.2. The molecule has 30 heavy (non-hydrogen) atoms. The molecule has 0 aromatic heterocycles. The molecule has 1 rings (SSSR count). The fourth-order valence-electron chi connectivity index (χ4n) is 2.08. The monoisotopic (exact) mass is 422 g/mol. The van der Waals surface area contributed by atoms with Gasteiger partial charge in [-0.2, -0.15) is 0 Å². The van der Waals surface area contributed by atoms with Gasteiger partial charge in [-0.3, -0.25) is 19.9 Å². The Morgan fingerprint density at radius 3 is 2.57 bits per heavy atom. The van der Waals surface area contributed by atoms with Crippen molar-refractivity contribution in [1.82, 2.24) is 20.6 Å². The predicted molar refractivity (Wildman–Crippen MR) is 107 cm³/mol. The summed E-state index contributed by atoms with van der Waals surface area (Å²) in [5.74, 6) is -1.30. The van der Waals surface area contributed by atoms with Gasteiger partial charge in [0.1, 0.15) is 0 Å². The molecule has 1 aliphatic rings. The molecular formula is C18H26N6O6. The second-order valence-corrected chi connectivity index (χ2v) is 6.03. The zero-order valence-electron chi connectivity index (χ0n) is 16.7. The van der Waals surface area contributed by atoms with Crippen LogP contribution in [0.5, 0.6) is 0 Å². The molecule has 0 aromatic rings. The normalized spacial score (nSPS) is 13.9. The van der Waals surface area contributed by atoms with Crippen LogP contribution >= 0.6 is 0 Å². The van der Waals surface area contributed by atoms with Crippen LogP contribution in [0.2, 0.25) is 0 Å². The zero-order valence-corrected chi connectivity index (χ0v) is 16.7. The van der Waals surface area contributed by atoms with Crippen molar-refractivity contribution in [3.63, 3.8) is 0 Å². The number of imide groups is 1. The number of rotatable bonds is 10. The van der Waals surface area contributed by atoms with E-state index in [0.29, 0.717) is 23.6 Å². The van der Waals surface area contributed by atoms with Crippen molar-refractivity contribution in [3.05, 3.63) is 36.6 Å². The number of nitrogens with two attached hydrogens (primary N) is 1. The molecule has 0 bridgehead atoms. The topological polar surface area (TPSA) is 167 Å². The van der Waals surface area contributed by atoms with Crippen molar-refractivity contribution in [2.45, 2.75) is 19.3 Å². The van der Waals surface area contributed by atoms with E-state index in [1.807, 2.05) is 0 Å². The van der Waals surface area contributed by atoms with Crippen molar-refractivity contribution >= 4 is 30.0 Å². The summed E-state index contributed by atoms with van der Waals surface area (Å²) in [6.45, 7) is 4.23. The van der Waals surface area contributed by atoms with Crippen LogP contribution in [0.3, 0.4) is 0 Å². The van der Waals surface area contributed by atoms with Crippen molar-refractivity contribution in [1.29, 1.82) is 5.41 Å². The number of nitrogens with zero attached hydrogens (tertiary/aromatic N) is 2. The average Bonchev–Trinajstić information content (AvgIpc) is 3.01. The van der Waals surface area contributed by atoms with Crippen LogP contribution in [0.15, 0.2) is 36.6 Å². The van der Waals surface area contributed by atoms with E-state index in [0.717, 1.165) is 4.90 Å². The minimum atomic E-state index is -0.917. The molecular weight excluding hydrogens is 396 g/mol. The third kappa shape index (κ3) is 8.91. The molecule has 1 heterocycles. The summed E-state index contributed by atoms with van der Waals surface area (Å²) in [4.78, 5) is 52.5. The number of guanidine groups is 1. The molecule has 0 saturated carbocycles. The van der Waals surface area contributed by atoms with Gasteiger partial charge >= 0.3 is 12.2 Å². The lowest BCUT2D eigenvalue weighted by Crippen LogP contribution is -2.36. The summed E-state index contributed by atoms with van der Waals surface area (Å²) in [5, 5.41) is 12.6. The fraction of sp³-hybridized carbons (Fsp3) is 0.389. The van der Waals surface area contributed by atoms with Crippen LogP contribution in [0.1, 0.15) is 19.3 Å². The highest BCUT2D eigenvalue weighted by Gasteiger charge is 2.33. The van der Waals surface area contributed by atoms with Crippen molar-refractivity contribution in [2.75, 3.05) is 26.7 Å². The number of hydrogen-bond donors (Lipinski definition) is 4. The Hall–Kier alpha value is -3.83. The van der Waals surface area contributed by atoms with Crippen LogP contribution in [-0.4, -0.2) is 66.7 Å². The SMILES string of the molecule is C=C/C=C(\C=C/N(C)C(=O)ON1C(=O)CCC1=O)CNC(=O)OCCCNC(=N)N. The van der Waals surface area contributed by atoms with Crippen molar-refractivity contribution in [2.24, 2.45) is 5.73 Å². The van der Waals surface area contributed by atoms with Gasteiger partial charge < -0.3 is 25.9 Å². The molecule has 0 atom stereocenters. The number of hydrogen-bond acceptors (Lipinski definition) is 7. The summed E-state index contributed by atoms with van der Waals surface area (Å²) in [6.07, 6.45) is 4.92. The molecule has 0 unspecified atom stereocenters. The van der Waals surface area contributed by atoms with Gasteiger partial charge in [0, 0.05) is 39.2 Å². The van der Waals surface area contributed by atoms with Gasteiger partial charge in [0.2, 0.25) is 0 Å². The van der Waals surface area contributed by atoms with Crippen LogP contribution in [0, 0.1) is 5.41 Å². The molecule has 5 N–H and O–H groups in total. The molecule has 0 aliphatic carbocycles. The number of ether oxygens (including phenoxy) is 1. The van der Waals surface area contributed by atoms with Gasteiger partial charge in [-0.25, -0.2) is 9.59 Å². The Bertz CT molecular complexity index is 731. The Balaban J connectivity index is 2.44. The van der Waals surface area contributed by atoms with E-state index < -0.39 is 24.0 Å². The minimum absolute atomic E-state index is 0.00684. The molecule has 0 aromatic carbocycles. The minimum Gasteiger partial charge on any atom is -0.449 e. The van der Waals surface area contributed by atoms with Crippen LogP contribution < -0.4 is 16.4 Å². The summed E-state index contributed by atoms with van der Waals surface area (Å²) >= 11 is 0. The number of nitrogens with one attached hydrogen (secondary N) is 3. The summed E-state index contributed by atoms with van der Waals surface area (Å²) < 4.78 is 4.98. The predicted octanol–water partition coefficient (Wildman–Crippen LogP) is 0.344. The number of allylic oxidation sites excluding steroid dienone is 2. The van der Waals surface area contributed by atoms with Gasteiger partial charge in [0.15, 0.2) is 5.96 Å². The lowest BCUT2D eigenvalue weighted by Gasteiger charge is -2.17. The van der Waals surface area contributed by atoms with Gasteiger partial charge in [-0.1, -0.05) is 18.7 Å². The second kappa shape index (κ2) is 12.6. The molecule has 1 saturated heterocycles. The summed E-state index contributed by atoms with van der Waals surface area (Å²) in [5.41, 5.74) is 5.72. The second-order valence-electron chi connectivity index (χ2n) is 6.03. The number of hydroxylamine groups is 2. The maximum Gasteiger partial charge on any atom is 0.438 e. The average molecular weight is 422 g/mol. The standard InChI is InChI=1S/C18H26N6O6/c1-3-5-13(12-22-17(27)29-11-4-9-21-16(19)20)8-10-23(2)18(28)30-24-14(25)6-7-15(24)26/h3,5,8,10H,1,4,6-7,9,11-12H2,2H3,(H,22,27)(H4,19,20,21)/b10-8-,13-5+. The van der Waals surface area contributed by atoms with E-state index in [1.165, 1.54) is 25.4 Å². The Labute approximate surface area is 173 Å². The van der Waals surface area contributed by atoms with E-state index >= 15 is 0 Å². The number of alkyl carbamates (subject to hydrolysis) is 1. The van der Waals surface area contributed by atoms with Crippen LogP contribution in [0.25, 0.3) is 0 Å². The fourth-order valence-corrected chi connectivity index (χ4v) is 2.08. The first-order chi connectivity index (χ1) is 14.2. The molecule has 0 spiro atoms. The Morgan fingerprint density at radius 2 is 1.97 bits per heavy atom. The number of amides is 4. The summed E-state index contributed by atoms with van der Waals surface area (Å²) in [6, 6.07) is 0. The van der Waals surface area contributed by atoms with E-state index in [1.54, 1.807) is 6.08 Å². The van der Waals surface area contributed by atoms with Crippen molar-refractivity contribution in [3.8, 4) is 0 Å². The molecule has 12 heteroatoms. The first-order valence-corrected chi connectivity index (χ1v) is 9.03. The van der Waals surface area contributed by atoms with Crippen LogP contribution in [0.4, 0.5) is 9.59 Å². The van der Waals surface area contributed by atoms with E-state index in [2.05, 4.69) is 17.2 Å². The third-order valence-corrected chi connectivity index (χ3v) is 3.61. The highest BCUT2D eigenvalue weighted by atomic mass is 16.7. The Morgan fingerprint density at radius 1 is 1.30 bits per heavy atom. The van der Waals surface area contributed by atoms with E-state index in [4.69, 9.17) is 20.7 Å². The van der Waals surface area contributed by atoms with Crippen LogP contribution in [-0.2, 0) is 19.2 Å². The molecule has 1 fully saturated rings. The quantitative estimate of drug-likeness (QED) is 0.129. The van der Waals surface area contributed by atoms with Gasteiger partial charge in [-0.05, 0) is 18.1 Å². The first-order valence-electron chi connectivity index (χ1n) is 9.03. The molecule has 164 valence electrons. The maximum absolute atomic E-state index is 12.0. The van der Waals surface area contributed by atoms with E-state index in [9.17, 15) is 19.2 Å². The zero-order chi connectivity index (χ0) is 22.5. The van der Waals surface area contributed by atoms with Crippen molar-refractivity contribution < 1.29 is 28.8 Å². The smallest absolute Gasteiger partial charge is 0.438 e. The maximum atomic E-state index is 12.0. The van der Waals surface area contributed by atoms with Gasteiger partial charge in [-0.15, -0.1) is 5.06 Å². The molecule has 1 aliphatic heterocycles.